The highest BCUT2D eigenvalue weighted by Crippen LogP contribution is 2.32. The summed E-state index contributed by atoms with van der Waals surface area (Å²) in [5.41, 5.74) is 4.53. The average Bonchev–Trinajstić information content (AvgIpc) is 3.20. The smallest absolute Gasteiger partial charge is 0.274 e. The van der Waals surface area contributed by atoms with Crippen LogP contribution in [0.15, 0.2) is 36.4 Å². The molecule has 6 heteroatoms. The minimum absolute atomic E-state index is 0.0973. The Morgan fingerprint density at radius 3 is 2.67 bits per heavy atom. The Hall–Kier alpha value is -2.60. The molecule has 0 radical (unpaired) electrons. The molecule has 156 valence electrons. The summed E-state index contributed by atoms with van der Waals surface area (Å²) in [5.74, 6) is 0.973. The van der Waals surface area contributed by atoms with Crippen molar-refractivity contribution in [3.63, 3.8) is 0 Å². The van der Waals surface area contributed by atoms with Crippen LogP contribution in [0.1, 0.15) is 47.2 Å². The van der Waals surface area contributed by atoms with Crippen LogP contribution in [0.25, 0.3) is 10.2 Å². The summed E-state index contributed by atoms with van der Waals surface area (Å²) in [7, 11) is 1.67. The third kappa shape index (κ3) is 3.88. The van der Waals surface area contributed by atoms with Gasteiger partial charge in [0.05, 0.1) is 17.3 Å². The van der Waals surface area contributed by atoms with E-state index >= 15 is 0 Å². The molecular formula is C24H26N2O3S. The number of hydrogen-bond donors (Lipinski definition) is 0. The van der Waals surface area contributed by atoms with Gasteiger partial charge in [0.2, 0.25) is 0 Å². The standard InChI is InChI=1S/C24H26N2O3S/c1-28-20-8-9-21-22(15-20)30-24(25-21)29-19-10-12-26(13-11-19)23(27)18-7-6-16-4-2-3-5-17(16)14-18/h6-9,14-15,19H,2-5,10-13H2,1H3. The lowest BCUT2D eigenvalue weighted by atomic mass is 9.90. The van der Waals surface area contributed by atoms with Gasteiger partial charge in [0.15, 0.2) is 0 Å². The molecule has 1 amide bonds. The molecule has 5 rings (SSSR count). The molecule has 0 unspecified atom stereocenters. The number of amides is 1. The van der Waals surface area contributed by atoms with Crippen LogP contribution in [-0.4, -0.2) is 42.1 Å². The lowest BCUT2D eigenvalue weighted by Crippen LogP contribution is -2.41. The molecule has 0 N–H and O–H groups in total. The molecule has 1 fully saturated rings. The molecule has 1 aliphatic carbocycles. The second-order valence-electron chi connectivity index (χ2n) is 8.11. The van der Waals surface area contributed by atoms with Crippen LogP contribution in [-0.2, 0) is 12.8 Å². The zero-order chi connectivity index (χ0) is 20.5. The van der Waals surface area contributed by atoms with Crippen molar-refractivity contribution in [3.8, 4) is 10.9 Å². The topological polar surface area (TPSA) is 51.7 Å². The summed E-state index contributed by atoms with van der Waals surface area (Å²) < 4.78 is 12.5. The summed E-state index contributed by atoms with van der Waals surface area (Å²) in [5, 5.41) is 0.692. The van der Waals surface area contributed by atoms with Gasteiger partial charge in [0.25, 0.3) is 11.1 Å². The normalized spacial score (nSPS) is 17.0. The first-order valence-corrected chi connectivity index (χ1v) is 11.5. The fraction of sp³-hybridized carbons (Fsp3) is 0.417. The molecule has 3 aromatic rings. The number of nitrogens with zero attached hydrogens (tertiary/aromatic N) is 2. The van der Waals surface area contributed by atoms with E-state index in [2.05, 4.69) is 17.1 Å². The first-order valence-electron chi connectivity index (χ1n) is 10.7. The van der Waals surface area contributed by atoms with Gasteiger partial charge in [-0.3, -0.25) is 4.79 Å². The zero-order valence-corrected chi connectivity index (χ0v) is 18.0. The molecular weight excluding hydrogens is 396 g/mol. The Bertz CT molecular complexity index is 1070. The van der Waals surface area contributed by atoms with E-state index in [0.29, 0.717) is 5.19 Å². The Labute approximate surface area is 180 Å². The molecule has 0 spiro atoms. The molecule has 1 aliphatic heterocycles. The number of aryl methyl sites for hydroxylation is 2. The maximum atomic E-state index is 13.0. The largest absolute Gasteiger partial charge is 0.497 e. The van der Waals surface area contributed by atoms with Gasteiger partial charge < -0.3 is 14.4 Å². The van der Waals surface area contributed by atoms with E-state index in [1.807, 2.05) is 29.2 Å². The summed E-state index contributed by atoms with van der Waals surface area (Å²) in [6, 6.07) is 12.1. The third-order valence-corrected chi connectivity index (χ3v) is 7.08. The van der Waals surface area contributed by atoms with Crippen LogP contribution in [0, 0.1) is 0 Å². The summed E-state index contributed by atoms with van der Waals surface area (Å²) in [6.07, 6.45) is 6.49. The van der Waals surface area contributed by atoms with E-state index < -0.39 is 0 Å². The monoisotopic (exact) mass is 422 g/mol. The second kappa shape index (κ2) is 8.26. The van der Waals surface area contributed by atoms with Crippen molar-refractivity contribution in [2.75, 3.05) is 20.2 Å². The number of ether oxygens (including phenoxy) is 2. The average molecular weight is 423 g/mol. The summed E-state index contributed by atoms with van der Waals surface area (Å²) >= 11 is 1.54. The Kier molecular flexibility index (Phi) is 5.34. The molecule has 1 saturated heterocycles. The van der Waals surface area contributed by atoms with Gasteiger partial charge in [-0.2, -0.15) is 0 Å². The number of likely N-dealkylation sites (tertiary alicyclic amines) is 1. The quantitative estimate of drug-likeness (QED) is 0.602. The van der Waals surface area contributed by atoms with Crippen molar-refractivity contribution >= 4 is 27.5 Å². The summed E-state index contributed by atoms with van der Waals surface area (Å²) in [4.78, 5) is 19.5. The van der Waals surface area contributed by atoms with Gasteiger partial charge in [0.1, 0.15) is 11.9 Å². The maximum absolute atomic E-state index is 13.0. The van der Waals surface area contributed by atoms with E-state index in [9.17, 15) is 4.79 Å². The predicted molar refractivity (Wildman–Crippen MR) is 119 cm³/mol. The Balaban J connectivity index is 1.20. The first kappa shape index (κ1) is 19.4. The Morgan fingerprint density at radius 1 is 1.07 bits per heavy atom. The number of thiazole rings is 1. The Morgan fingerprint density at radius 2 is 1.87 bits per heavy atom. The van der Waals surface area contributed by atoms with Gasteiger partial charge in [-0.1, -0.05) is 17.4 Å². The van der Waals surface area contributed by atoms with Crippen molar-refractivity contribution < 1.29 is 14.3 Å². The molecule has 0 bridgehead atoms. The van der Waals surface area contributed by atoms with E-state index in [1.165, 1.54) is 24.0 Å². The lowest BCUT2D eigenvalue weighted by molar-refractivity contribution is 0.0595. The van der Waals surface area contributed by atoms with Crippen LogP contribution in [0.3, 0.4) is 0 Å². The van der Waals surface area contributed by atoms with E-state index in [4.69, 9.17) is 9.47 Å². The molecule has 2 aromatic carbocycles. The third-order valence-electron chi connectivity index (χ3n) is 6.17. The predicted octanol–water partition coefficient (Wildman–Crippen LogP) is 4.87. The molecule has 0 saturated carbocycles. The number of fused-ring (bicyclic) bond motifs is 2. The van der Waals surface area contributed by atoms with Gasteiger partial charge in [0, 0.05) is 31.5 Å². The molecule has 2 heterocycles. The van der Waals surface area contributed by atoms with E-state index in [1.54, 1.807) is 18.4 Å². The number of methoxy groups -OCH3 is 1. The SMILES string of the molecule is COc1ccc2nc(OC3CCN(C(=O)c4ccc5c(c4)CCCC5)CC3)sc2c1. The number of piperidine rings is 1. The highest BCUT2D eigenvalue weighted by molar-refractivity contribution is 7.20. The van der Waals surface area contributed by atoms with Crippen molar-refractivity contribution in [2.24, 2.45) is 0 Å². The number of carbonyl (C=O) groups is 1. The number of hydrogen-bond acceptors (Lipinski definition) is 5. The molecule has 30 heavy (non-hydrogen) atoms. The van der Waals surface area contributed by atoms with Crippen LogP contribution >= 0.6 is 11.3 Å². The number of benzene rings is 2. The minimum Gasteiger partial charge on any atom is -0.497 e. The minimum atomic E-state index is 0.0973. The molecule has 5 nitrogen and oxygen atoms in total. The maximum Gasteiger partial charge on any atom is 0.274 e. The van der Waals surface area contributed by atoms with Crippen LogP contribution in [0.2, 0.25) is 0 Å². The fourth-order valence-electron chi connectivity index (χ4n) is 4.43. The second-order valence-corrected chi connectivity index (χ2v) is 9.11. The first-order chi connectivity index (χ1) is 14.7. The van der Waals surface area contributed by atoms with Gasteiger partial charge >= 0.3 is 0 Å². The van der Waals surface area contributed by atoms with Crippen molar-refractivity contribution in [3.05, 3.63) is 53.1 Å². The number of carbonyl (C=O) groups excluding carboxylic acids is 1. The van der Waals surface area contributed by atoms with Gasteiger partial charge in [-0.25, -0.2) is 4.98 Å². The highest BCUT2D eigenvalue weighted by Gasteiger charge is 2.26. The number of rotatable bonds is 4. The van der Waals surface area contributed by atoms with Crippen LogP contribution in [0.4, 0.5) is 0 Å². The molecule has 1 aromatic heterocycles. The van der Waals surface area contributed by atoms with Crippen LogP contribution in [0.5, 0.6) is 10.9 Å². The van der Waals surface area contributed by atoms with E-state index in [0.717, 1.165) is 60.3 Å². The van der Waals surface area contributed by atoms with Crippen molar-refractivity contribution in [2.45, 2.75) is 44.6 Å². The van der Waals surface area contributed by atoms with Crippen molar-refractivity contribution in [1.29, 1.82) is 0 Å². The highest BCUT2D eigenvalue weighted by atomic mass is 32.1. The van der Waals surface area contributed by atoms with Gasteiger partial charge in [-0.05, 0) is 67.1 Å². The van der Waals surface area contributed by atoms with Crippen molar-refractivity contribution in [1.82, 2.24) is 9.88 Å². The lowest BCUT2D eigenvalue weighted by Gasteiger charge is -2.32. The molecule has 0 atom stereocenters. The molecule has 2 aliphatic rings. The van der Waals surface area contributed by atoms with Crippen LogP contribution < -0.4 is 9.47 Å². The summed E-state index contributed by atoms with van der Waals surface area (Å²) in [6.45, 7) is 1.44. The number of aromatic nitrogens is 1. The van der Waals surface area contributed by atoms with E-state index in [-0.39, 0.29) is 12.0 Å². The zero-order valence-electron chi connectivity index (χ0n) is 17.2. The van der Waals surface area contributed by atoms with Gasteiger partial charge in [-0.15, -0.1) is 0 Å². The fourth-order valence-corrected chi connectivity index (χ4v) is 5.34.